The van der Waals surface area contributed by atoms with Crippen molar-refractivity contribution in [3.63, 3.8) is 0 Å². The summed E-state index contributed by atoms with van der Waals surface area (Å²) in [6.07, 6.45) is 0.274. The van der Waals surface area contributed by atoms with Crippen LogP contribution >= 0.6 is 0 Å². The van der Waals surface area contributed by atoms with Gasteiger partial charge in [0.2, 0.25) is 0 Å². The molecule has 3 N–H and O–H groups in total. The first-order valence-corrected chi connectivity index (χ1v) is 5.86. The maximum Gasteiger partial charge on any atom is 0.162 e. The van der Waals surface area contributed by atoms with Gasteiger partial charge in [-0.2, -0.15) is 0 Å². The third kappa shape index (κ3) is 4.68. The fourth-order valence-corrected chi connectivity index (χ4v) is 1.49. The van der Waals surface area contributed by atoms with Crippen molar-refractivity contribution >= 4 is 0 Å². The molecule has 0 aromatic heterocycles. The zero-order valence-electron chi connectivity index (χ0n) is 11.0. The van der Waals surface area contributed by atoms with Crippen molar-refractivity contribution in [3.8, 4) is 0 Å². The van der Waals surface area contributed by atoms with Crippen molar-refractivity contribution in [2.45, 2.75) is 38.8 Å². The van der Waals surface area contributed by atoms with Crippen molar-refractivity contribution < 1.29 is 13.5 Å². The van der Waals surface area contributed by atoms with E-state index in [9.17, 15) is 8.78 Å². The van der Waals surface area contributed by atoms with Crippen LogP contribution in [0.15, 0.2) is 18.2 Å². The molecule has 1 aromatic rings. The van der Waals surface area contributed by atoms with Crippen molar-refractivity contribution in [2.75, 3.05) is 6.61 Å². The van der Waals surface area contributed by atoms with E-state index in [0.29, 0.717) is 6.61 Å². The van der Waals surface area contributed by atoms with Crippen LogP contribution in [-0.2, 0) is 11.2 Å². The van der Waals surface area contributed by atoms with Crippen LogP contribution in [0.5, 0.6) is 0 Å². The second-order valence-electron chi connectivity index (χ2n) is 5.20. The van der Waals surface area contributed by atoms with Crippen molar-refractivity contribution in [1.82, 2.24) is 5.43 Å². The maximum atomic E-state index is 13.5. The van der Waals surface area contributed by atoms with E-state index < -0.39 is 11.6 Å². The molecule has 0 aliphatic rings. The molecule has 0 amide bonds. The van der Waals surface area contributed by atoms with E-state index in [0.717, 1.165) is 6.07 Å². The number of nitrogens with two attached hydrogens (primary N) is 1. The molecule has 102 valence electrons. The van der Waals surface area contributed by atoms with E-state index >= 15 is 0 Å². The fourth-order valence-electron chi connectivity index (χ4n) is 1.49. The van der Waals surface area contributed by atoms with Gasteiger partial charge in [-0.1, -0.05) is 12.1 Å². The first kappa shape index (κ1) is 15.0. The minimum absolute atomic E-state index is 0.263. The van der Waals surface area contributed by atoms with Gasteiger partial charge in [-0.3, -0.25) is 11.3 Å². The summed E-state index contributed by atoms with van der Waals surface area (Å²) in [5, 5.41) is 0. The van der Waals surface area contributed by atoms with Crippen molar-refractivity contribution in [3.05, 3.63) is 35.4 Å². The van der Waals surface area contributed by atoms with E-state index in [1.807, 2.05) is 20.8 Å². The van der Waals surface area contributed by atoms with Gasteiger partial charge in [0.05, 0.1) is 12.2 Å². The minimum atomic E-state index is -0.847. The van der Waals surface area contributed by atoms with Crippen LogP contribution in [0, 0.1) is 11.6 Å². The summed E-state index contributed by atoms with van der Waals surface area (Å²) >= 11 is 0. The molecule has 0 bridgehead atoms. The molecule has 5 heteroatoms. The Hall–Kier alpha value is -1.04. The van der Waals surface area contributed by atoms with Gasteiger partial charge in [0.15, 0.2) is 11.6 Å². The van der Waals surface area contributed by atoms with Crippen LogP contribution < -0.4 is 11.3 Å². The molecule has 0 saturated heterocycles. The van der Waals surface area contributed by atoms with Crippen LogP contribution in [0.2, 0.25) is 0 Å². The summed E-state index contributed by atoms with van der Waals surface area (Å²) in [6.45, 7) is 6.09. The van der Waals surface area contributed by atoms with Gasteiger partial charge >= 0.3 is 0 Å². The Morgan fingerprint density at radius 2 is 2.00 bits per heavy atom. The molecule has 1 rings (SSSR count). The molecule has 18 heavy (non-hydrogen) atoms. The zero-order chi connectivity index (χ0) is 13.8. The predicted molar refractivity (Wildman–Crippen MR) is 66.9 cm³/mol. The van der Waals surface area contributed by atoms with Crippen LogP contribution in [-0.4, -0.2) is 18.2 Å². The summed E-state index contributed by atoms with van der Waals surface area (Å²) in [5.74, 6) is 3.72. The Morgan fingerprint density at radius 3 is 2.56 bits per heavy atom. The Kier molecular flexibility index (Phi) is 5.19. The molecule has 0 heterocycles. The molecule has 0 fully saturated rings. The molecule has 1 aromatic carbocycles. The number of hydrazine groups is 1. The topological polar surface area (TPSA) is 47.3 Å². The number of nitrogens with one attached hydrogen (secondary N) is 1. The number of benzene rings is 1. The summed E-state index contributed by atoms with van der Waals surface area (Å²) in [5.41, 5.74) is 2.55. The van der Waals surface area contributed by atoms with Crippen LogP contribution in [0.1, 0.15) is 26.3 Å². The van der Waals surface area contributed by atoms with Crippen LogP contribution in [0.25, 0.3) is 0 Å². The van der Waals surface area contributed by atoms with Gasteiger partial charge in [0.25, 0.3) is 0 Å². The lowest BCUT2D eigenvalue weighted by molar-refractivity contribution is -0.0144. The van der Waals surface area contributed by atoms with E-state index in [1.165, 1.54) is 6.07 Å². The fraction of sp³-hybridized carbons (Fsp3) is 0.538. The molecule has 0 aliphatic heterocycles. The normalized spacial score (nSPS) is 13.7. The first-order valence-electron chi connectivity index (χ1n) is 5.86. The highest BCUT2D eigenvalue weighted by molar-refractivity contribution is 5.20. The van der Waals surface area contributed by atoms with Gasteiger partial charge in [-0.05, 0) is 38.8 Å². The van der Waals surface area contributed by atoms with Gasteiger partial charge in [-0.25, -0.2) is 8.78 Å². The minimum Gasteiger partial charge on any atom is -0.374 e. The number of ether oxygens (including phenoxy) is 1. The third-order valence-electron chi connectivity index (χ3n) is 2.45. The highest BCUT2D eigenvalue weighted by atomic mass is 19.2. The number of hydrogen-bond donors (Lipinski definition) is 2. The summed E-state index contributed by atoms with van der Waals surface area (Å²) < 4.78 is 32.1. The molecule has 0 radical (unpaired) electrons. The number of rotatable bonds is 5. The van der Waals surface area contributed by atoms with Crippen molar-refractivity contribution in [2.24, 2.45) is 5.84 Å². The Bertz CT molecular complexity index is 391. The second kappa shape index (κ2) is 6.22. The highest BCUT2D eigenvalue weighted by Gasteiger charge is 2.17. The standard InChI is InChI=1S/C13H20F2N2O/c1-13(2,3)18-8-10(17-16)7-9-5-4-6-11(14)12(9)15/h4-6,10,17H,7-8,16H2,1-3H3. The molecule has 3 nitrogen and oxygen atoms in total. The zero-order valence-corrected chi connectivity index (χ0v) is 11.0. The predicted octanol–water partition coefficient (Wildman–Crippen LogP) is 2.15. The average molecular weight is 258 g/mol. The molecule has 1 unspecified atom stereocenters. The maximum absolute atomic E-state index is 13.5. The molecular weight excluding hydrogens is 238 g/mol. The first-order chi connectivity index (χ1) is 8.33. The molecule has 1 atom stereocenters. The van der Waals surface area contributed by atoms with E-state index in [1.54, 1.807) is 6.07 Å². The summed E-state index contributed by atoms with van der Waals surface area (Å²) in [4.78, 5) is 0. The Labute approximate surface area is 106 Å². The average Bonchev–Trinajstić information content (AvgIpc) is 2.28. The van der Waals surface area contributed by atoms with Gasteiger partial charge in [0, 0.05) is 6.04 Å². The van der Waals surface area contributed by atoms with Gasteiger partial charge in [-0.15, -0.1) is 0 Å². The number of halogens is 2. The van der Waals surface area contributed by atoms with Crippen LogP contribution in [0.4, 0.5) is 8.78 Å². The van der Waals surface area contributed by atoms with Crippen LogP contribution in [0.3, 0.4) is 0 Å². The second-order valence-corrected chi connectivity index (χ2v) is 5.20. The Morgan fingerprint density at radius 1 is 1.33 bits per heavy atom. The largest absolute Gasteiger partial charge is 0.374 e. The summed E-state index contributed by atoms with van der Waals surface area (Å²) in [7, 11) is 0. The summed E-state index contributed by atoms with van der Waals surface area (Å²) in [6, 6.07) is 3.85. The molecule has 0 aliphatic carbocycles. The molecular formula is C13H20F2N2O. The Balaban J connectivity index is 2.65. The quantitative estimate of drug-likeness (QED) is 0.628. The van der Waals surface area contributed by atoms with E-state index in [-0.39, 0.29) is 23.6 Å². The SMILES string of the molecule is CC(C)(C)OCC(Cc1cccc(F)c1F)NN. The lowest BCUT2D eigenvalue weighted by Crippen LogP contribution is -2.42. The third-order valence-corrected chi connectivity index (χ3v) is 2.45. The highest BCUT2D eigenvalue weighted by Crippen LogP contribution is 2.14. The van der Waals surface area contributed by atoms with E-state index in [2.05, 4.69) is 5.43 Å². The van der Waals surface area contributed by atoms with Crippen molar-refractivity contribution in [1.29, 1.82) is 0 Å². The molecule has 0 saturated carbocycles. The van der Waals surface area contributed by atoms with E-state index in [4.69, 9.17) is 10.6 Å². The lowest BCUT2D eigenvalue weighted by atomic mass is 10.1. The molecule has 0 spiro atoms. The van der Waals surface area contributed by atoms with Gasteiger partial charge in [0.1, 0.15) is 0 Å². The monoisotopic (exact) mass is 258 g/mol. The smallest absolute Gasteiger partial charge is 0.162 e. The number of hydrogen-bond acceptors (Lipinski definition) is 3. The lowest BCUT2D eigenvalue weighted by Gasteiger charge is -2.24. The van der Waals surface area contributed by atoms with Gasteiger partial charge < -0.3 is 4.74 Å².